The molecule has 2 aromatic carbocycles. The Bertz CT molecular complexity index is 682. The average molecular weight is 279 g/mol. The van der Waals surface area contributed by atoms with Crippen LogP contribution in [-0.4, -0.2) is 12.2 Å². The zero-order chi connectivity index (χ0) is 14.8. The zero-order valence-corrected chi connectivity index (χ0v) is 11.4. The third kappa shape index (κ3) is 2.58. The normalized spacial score (nSPS) is 20.0. The molecule has 3 rings (SSSR count). The fourth-order valence-corrected chi connectivity index (χ4v) is 2.84. The number of carbonyl (C=O) groups is 1. The first-order valence-electron chi connectivity index (χ1n) is 6.80. The van der Waals surface area contributed by atoms with E-state index < -0.39 is 11.9 Å². The number of amides is 1. The van der Waals surface area contributed by atoms with Crippen molar-refractivity contribution in [3.63, 3.8) is 0 Å². The Morgan fingerprint density at radius 1 is 1.14 bits per heavy atom. The number of nitrogens with two attached hydrogens (primary N) is 1. The molecule has 1 aliphatic rings. The number of carbonyl (C=O) groups excluding carboxylic acids is 2. The molecular weight excluding hydrogens is 264 g/mol. The summed E-state index contributed by atoms with van der Waals surface area (Å²) < 4.78 is 0. The highest BCUT2D eigenvalue weighted by atomic mass is 16.1. The Balaban J connectivity index is 1.97. The summed E-state index contributed by atoms with van der Waals surface area (Å²) in [5.74, 6) is -0.408. The highest BCUT2D eigenvalue weighted by Gasteiger charge is 2.33. The number of fused-ring (bicyclic) bond motifs is 1. The van der Waals surface area contributed by atoms with E-state index in [0.717, 1.165) is 23.1 Å². The van der Waals surface area contributed by atoms with Gasteiger partial charge in [-0.3, -0.25) is 14.9 Å². The van der Waals surface area contributed by atoms with Gasteiger partial charge in [-0.2, -0.15) is 0 Å². The first kappa shape index (κ1) is 13.5. The van der Waals surface area contributed by atoms with Gasteiger partial charge in [0.15, 0.2) is 0 Å². The van der Waals surface area contributed by atoms with Gasteiger partial charge in [0.05, 0.1) is 0 Å². The molecule has 3 N–H and O–H groups in total. The van der Waals surface area contributed by atoms with Crippen LogP contribution < -0.4 is 11.1 Å². The SMILES string of the molecule is NC(=O)C1NC(Cc2ccccc2)c2cc([C]=O)ccc21. The Kier molecular flexibility index (Phi) is 3.54. The van der Waals surface area contributed by atoms with Crippen molar-refractivity contribution in [2.24, 2.45) is 5.73 Å². The van der Waals surface area contributed by atoms with Crippen molar-refractivity contribution >= 4 is 12.2 Å². The number of hydrogen-bond donors (Lipinski definition) is 2. The van der Waals surface area contributed by atoms with Crippen molar-refractivity contribution in [3.05, 3.63) is 70.8 Å². The molecule has 21 heavy (non-hydrogen) atoms. The van der Waals surface area contributed by atoms with Crippen LogP contribution in [0.2, 0.25) is 0 Å². The summed E-state index contributed by atoms with van der Waals surface area (Å²) in [6.45, 7) is 0. The average Bonchev–Trinajstić information content (AvgIpc) is 2.86. The van der Waals surface area contributed by atoms with E-state index in [4.69, 9.17) is 5.73 Å². The molecule has 0 saturated carbocycles. The Morgan fingerprint density at radius 2 is 1.90 bits per heavy atom. The second-order valence-electron chi connectivity index (χ2n) is 5.19. The molecule has 0 spiro atoms. The van der Waals surface area contributed by atoms with Crippen LogP contribution in [0.1, 0.15) is 34.3 Å². The van der Waals surface area contributed by atoms with E-state index >= 15 is 0 Å². The second kappa shape index (κ2) is 5.50. The van der Waals surface area contributed by atoms with Gasteiger partial charge in [0, 0.05) is 11.6 Å². The van der Waals surface area contributed by atoms with Crippen LogP contribution in [0.3, 0.4) is 0 Å². The standard InChI is InChI=1S/C17H15N2O2/c18-17(21)16-13-7-6-12(10-20)8-14(13)15(19-16)9-11-4-2-1-3-5-11/h1-8,15-16,19H,9H2,(H2,18,21). The summed E-state index contributed by atoms with van der Waals surface area (Å²) in [6.07, 6.45) is 2.63. The quantitative estimate of drug-likeness (QED) is 0.892. The molecule has 4 nitrogen and oxygen atoms in total. The topological polar surface area (TPSA) is 72.2 Å². The van der Waals surface area contributed by atoms with E-state index in [1.54, 1.807) is 18.2 Å². The van der Waals surface area contributed by atoms with Crippen LogP contribution in [0.15, 0.2) is 48.5 Å². The molecule has 0 aliphatic carbocycles. The lowest BCUT2D eigenvalue weighted by Gasteiger charge is -2.13. The lowest BCUT2D eigenvalue weighted by molar-refractivity contribution is -0.120. The van der Waals surface area contributed by atoms with Gasteiger partial charge in [-0.25, -0.2) is 0 Å². The maximum atomic E-state index is 11.6. The maximum absolute atomic E-state index is 11.6. The van der Waals surface area contributed by atoms with Crippen molar-refractivity contribution in [2.75, 3.05) is 0 Å². The minimum Gasteiger partial charge on any atom is -0.368 e. The van der Waals surface area contributed by atoms with Crippen molar-refractivity contribution in [1.29, 1.82) is 0 Å². The molecular formula is C17H15N2O2. The van der Waals surface area contributed by atoms with Crippen LogP contribution in [0.5, 0.6) is 0 Å². The first-order chi connectivity index (χ1) is 10.2. The molecule has 1 radical (unpaired) electrons. The third-order valence-corrected chi connectivity index (χ3v) is 3.83. The minimum absolute atomic E-state index is 0.0341. The number of primary amides is 1. The third-order valence-electron chi connectivity index (χ3n) is 3.83. The fraction of sp³-hybridized carbons (Fsp3) is 0.176. The minimum atomic E-state index is -0.505. The molecule has 1 heterocycles. The van der Waals surface area contributed by atoms with E-state index in [1.165, 1.54) is 0 Å². The van der Waals surface area contributed by atoms with Gasteiger partial charge in [-0.05, 0) is 29.2 Å². The van der Waals surface area contributed by atoms with E-state index in [-0.39, 0.29) is 6.04 Å². The van der Waals surface area contributed by atoms with Gasteiger partial charge in [0.2, 0.25) is 12.2 Å². The maximum Gasteiger partial charge on any atom is 0.239 e. The number of benzene rings is 2. The Hall–Kier alpha value is -2.46. The summed E-state index contributed by atoms with van der Waals surface area (Å²) >= 11 is 0. The van der Waals surface area contributed by atoms with E-state index in [1.807, 2.05) is 36.6 Å². The predicted octanol–water partition coefficient (Wildman–Crippen LogP) is 1.56. The Morgan fingerprint density at radius 3 is 2.57 bits per heavy atom. The van der Waals surface area contributed by atoms with E-state index in [0.29, 0.717) is 5.56 Å². The van der Waals surface area contributed by atoms with Crippen molar-refractivity contribution < 1.29 is 9.59 Å². The molecule has 1 aliphatic heterocycles. The molecule has 0 bridgehead atoms. The largest absolute Gasteiger partial charge is 0.368 e. The molecule has 2 unspecified atom stereocenters. The molecule has 0 aromatic heterocycles. The van der Waals surface area contributed by atoms with Crippen LogP contribution in [0.4, 0.5) is 0 Å². The first-order valence-corrected chi connectivity index (χ1v) is 6.80. The van der Waals surface area contributed by atoms with Crippen molar-refractivity contribution in [2.45, 2.75) is 18.5 Å². The van der Waals surface area contributed by atoms with Crippen LogP contribution in [0, 0.1) is 0 Å². The van der Waals surface area contributed by atoms with Gasteiger partial charge in [-0.15, -0.1) is 0 Å². The number of nitrogens with one attached hydrogen (secondary N) is 1. The summed E-state index contributed by atoms with van der Waals surface area (Å²) in [6, 6.07) is 14.7. The summed E-state index contributed by atoms with van der Waals surface area (Å²) in [5, 5.41) is 3.25. The predicted molar refractivity (Wildman–Crippen MR) is 79.2 cm³/mol. The fourth-order valence-electron chi connectivity index (χ4n) is 2.84. The molecule has 2 atom stereocenters. The molecule has 4 heteroatoms. The molecule has 105 valence electrons. The molecule has 1 amide bonds. The summed E-state index contributed by atoms with van der Waals surface area (Å²) in [5.41, 5.74) is 8.90. The van der Waals surface area contributed by atoms with Gasteiger partial charge >= 0.3 is 0 Å². The van der Waals surface area contributed by atoms with Crippen molar-refractivity contribution in [3.8, 4) is 0 Å². The smallest absolute Gasteiger partial charge is 0.239 e. The lowest BCUT2D eigenvalue weighted by Crippen LogP contribution is -2.30. The number of rotatable bonds is 4. The van der Waals surface area contributed by atoms with Crippen LogP contribution in [0.25, 0.3) is 0 Å². The zero-order valence-electron chi connectivity index (χ0n) is 11.4. The summed E-state index contributed by atoms with van der Waals surface area (Å²) in [4.78, 5) is 22.4. The van der Waals surface area contributed by atoms with E-state index in [2.05, 4.69) is 5.32 Å². The Labute approximate surface area is 123 Å². The van der Waals surface area contributed by atoms with Gasteiger partial charge in [-0.1, -0.05) is 42.5 Å². The molecule has 0 saturated heterocycles. The van der Waals surface area contributed by atoms with Crippen LogP contribution >= 0.6 is 0 Å². The molecule has 0 fully saturated rings. The highest BCUT2D eigenvalue weighted by molar-refractivity contribution is 5.84. The van der Waals surface area contributed by atoms with Gasteiger partial charge in [0.25, 0.3) is 0 Å². The second-order valence-corrected chi connectivity index (χ2v) is 5.19. The highest BCUT2D eigenvalue weighted by Crippen LogP contribution is 2.35. The number of hydrogen-bond acceptors (Lipinski definition) is 3. The summed E-state index contributed by atoms with van der Waals surface area (Å²) in [7, 11) is 0. The van der Waals surface area contributed by atoms with Gasteiger partial charge < -0.3 is 5.73 Å². The monoisotopic (exact) mass is 279 g/mol. The lowest BCUT2D eigenvalue weighted by atomic mass is 9.95. The van der Waals surface area contributed by atoms with Crippen LogP contribution in [-0.2, 0) is 16.0 Å². The van der Waals surface area contributed by atoms with Gasteiger partial charge in [0.1, 0.15) is 6.04 Å². The van der Waals surface area contributed by atoms with Crippen molar-refractivity contribution in [1.82, 2.24) is 5.32 Å². The molecule has 2 aromatic rings. The van der Waals surface area contributed by atoms with E-state index in [9.17, 15) is 9.59 Å².